The molecule has 0 heterocycles. The van der Waals surface area contributed by atoms with Gasteiger partial charge in [0.15, 0.2) is 0 Å². The van der Waals surface area contributed by atoms with Crippen molar-refractivity contribution in [3.8, 4) is 0 Å². The van der Waals surface area contributed by atoms with Crippen LogP contribution in [0.2, 0.25) is 0 Å². The summed E-state index contributed by atoms with van der Waals surface area (Å²) in [6.07, 6.45) is 0. The highest BCUT2D eigenvalue weighted by Gasteiger charge is 2.02. The molecule has 11 heavy (non-hydrogen) atoms. The molecule has 0 N–H and O–H groups in total. The third-order valence-electron chi connectivity index (χ3n) is 1.12. The van der Waals surface area contributed by atoms with Crippen molar-refractivity contribution in [3.05, 3.63) is 30.3 Å². The summed E-state index contributed by atoms with van der Waals surface area (Å²) in [6.45, 7) is 0. The summed E-state index contributed by atoms with van der Waals surface area (Å²) >= 11 is 7.12. The van der Waals surface area contributed by atoms with E-state index in [-0.39, 0.29) is 0 Å². The van der Waals surface area contributed by atoms with Gasteiger partial charge in [0.25, 0.3) is 0 Å². The Morgan fingerprint density at radius 3 is 2.00 bits per heavy atom. The van der Waals surface area contributed by atoms with E-state index in [1.54, 1.807) is 12.1 Å². The van der Waals surface area contributed by atoms with Crippen LogP contribution in [0.1, 0.15) is 0 Å². The van der Waals surface area contributed by atoms with Crippen LogP contribution < -0.4 is 5.23 Å². The van der Waals surface area contributed by atoms with E-state index in [0.717, 1.165) is 10.9 Å². The maximum atomic E-state index is 4.51. The van der Waals surface area contributed by atoms with E-state index >= 15 is 0 Å². The van der Waals surface area contributed by atoms with Crippen molar-refractivity contribution in [2.75, 3.05) is 5.23 Å². The summed E-state index contributed by atoms with van der Waals surface area (Å²) in [5.41, 5.74) is 0.720. The van der Waals surface area contributed by atoms with Crippen molar-refractivity contribution >= 4 is 31.5 Å². The smallest absolute Gasteiger partial charge is 0.0970 e. The van der Waals surface area contributed by atoms with Crippen LogP contribution in [-0.2, 0) is 8.57 Å². The normalized spacial score (nSPS) is 9.64. The summed E-state index contributed by atoms with van der Waals surface area (Å²) in [4.78, 5) is 0. The van der Waals surface area contributed by atoms with Gasteiger partial charge in [-0.1, -0.05) is 18.2 Å². The van der Waals surface area contributed by atoms with E-state index in [1.165, 1.54) is 0 Å². The minimum absolute atomic E-state index is 0.720. The maximum Gasteiger partial charge on any atom is 0.0970 e. The minimum Gasteiger partial charge on any atom is -0.179 e. The van der Waals surface area contributed by atoms with Gasteiger partial charge in [-0.3, -0.25) is 0 Å². The first-order chi connectivity index (χ1) is 5.38. The molecule has 0 atom stereocenters. The molecule has 0 saturated heterocycles. The lowest BCUT2D eigenvalue weighted by Crippen LogP contribution is -2.14. The Bertz CT molecular complexity index is 203. The van der Waals surface area contributed by atoms with E-state index in [0.29, 0.717) is 0 Å². The predicted molar refractivity (Wildman–Crippen MR) is 49.1 cm³/mol. The number of benzene rings is 1. The topological polar surface area (TPSA) is 21.7 Å². The lowest BCUT2D eigenvalue weighted by atomic mass is 10.3. The van der Waals surface area contributed by atoms with Crippen LogP contribution >= 0.6 is 25.8 Å². The Kier molecular flexibility index (Phi) is 3.58. The highest BCUT2D eigenvalue weighted by atomic mass is 32.1. The van der Waals surface area contributed by atoms with Crippen molar-refractivity contribution in [2.45, 2.75) is 0 Å². The zero-order chi connectivity index (χ0) is 8.10. The van der Waals surface area contributed by atoms with Crippen LogP contribution in [0.5, 0.6) is 0 Å². The molecular weight excluding hydrogens is 182 g/mol. The van der Waals surface area contributed by atoms with E-state index in [1.807, 2.05) is 18.2 Å². The molecule has 0 aliphatic carbocycles. The van der Waals surface area contributed by atoms with Crippen molar-refractivity contribution in [2.24, 2.45) is 0 Å². The molecule has 1 aromatic carbocycles. The SMILES string of the molecule is SON(OS)c1ccccc1. The first-order valence-corrected chi connectivity index (χ1v) is 3.59. The number of hydrogen-bond acceptors (Lipinski definition) is 5. The van der Waals surface area contributed by atoms with E-state index in [9.17, 15) is 0 Å². The molecule has 0 aromatic heterocycles. The van der Waals surface area contributed by atoms with Crippen LogP contribution in [0.25, 0.3) is 0 Å². The quantitative estimate of drug-likeness (QED) is 0.432. The molecule has 5 heteroatoms. The zero-order valence-electron chi connectivity index (χ0n) is 5.54. The number of para-hydroxylation sites is 1. The highest BCUT2D eigenvalue weighted by molar-refractivity contribution is 7.75. The van der Waals surface area contributed by atoms with E-state index < -0.39 is 0 Å². The van der Waals surface area contributed by atoms with Crippen molar-refractivity contribution in [1.29, 1.82) is 0 Å². The second-order valence-corrected chi connectivity index (χ2v) is 2.08. The minimum atomic E-state index is 0.720. The van der Waals surface area contributed by atoms with Crippen LogP contribution in [0.3, 0.4) is 0 Å². The summed E-state index contributed by atoms with van der Waals surface area (Å²) in [5, 5.41) is 1.06. The van der Waals surface area contributed by atoms with Gasteiger partial charge in [0.05, 0.1) is 5.69 Å². The third-order valence-corrected chi connectivity index (χ3v) is 1.41. The van der Waals surface area contributed by atoms with E-state index in [4.69, 9.17) is 0 Å². The number of rotatable bonds is 3. The molecule has 0 fully saturated rings. The Labute approximate surface area is 76.1 Å². The second kappa shape index (κ2) is 4.50. The Balaban J connectivity index is 2.74. The average molecular weight is 189 g/mol. The largest absolute Gasteiger partial charge is 0.179 e. The molecule has 0 unspecified atom stereocenters. The van der Waals surface area contributed by atoms with Crippen LogP contribution in [0.4, 0.5) is 5.69 Å². The molecular formula is C6H7NO2S2. The first-order valence-electron chi connectivity index (χ1n) is 2.86. The lowest BCUT2D eigenvalue weighted by Gasteiger charge is -2.14. The molecule has 0 radical (unpaired) electrons. The number of nitrogens with zero attached hydrogens (tertiary/aromatic N) is 1. The zero-order valence-corrected chi connectivity index (χ0v) is 7.33. The van der Waals surface area contributed by atoms with Gasteiger partial charge in [-0.2, -0.15) is 8.57 Å². The number of thiol groups is 2. The number of anilines is 1. The Hall–Kier alpha value is -0.360. The molecule has 1 rings (SSSR count). The fraction of sp³-hybridized carbons (Fsp3) is 0. The third kappa shape index (κ3) is 2.30. The summed E-state index contributed by atoms with van der Waals surface area (Å²) < 4.78 is 9.03. The maximum absolute atomic E-state index is 4.51. The molecule has 0 spiro atoms. The molecule has 0 aliphatic rings. The van der Waals surface area contributed by atoms with Crippen LogP contribution in [0.15, 0.2) is 30.3 Å². The fourth-order valence-electron chi connectivity index (χ4n) is 0.659. The van der Waals surface area contributed by atoms with E-state index in [2.05, 4.69) is 34.4 Å². The van der Waals surface area contributed by atoms with Gasteiger partial charge in [0.1, 0.15) is 0 Å². The van der Waals surface area contributed by atoms with Gasteiger partial charge in [-0.25, -0.2) is 0 Å². The molecule has 0 saturated carbocycles. The molecule has 0 aliphatic heterocycles. The summed E-state index contributed by atoms with van der Waals surface area (Å²) in [6, 6.07) is 9.18. The molecule has 0 bridgehead atoms. The standard InChI is InChI=1S/C6H7NO2S2/c10-8-7(9-11)6-4-2-1-3-5-6/h1-5,10-11H. The Morgan fingerprint density at radius 2 is 1.55 bits per heavy atom. The molecule has 3 nitrogen and oxygen atoms in total. The molecule has 1 aromatic rings. The van der Waals surface area contributed by atoms with Crippen molar-refractivity contribution in [3.63, 3.8) is 0 Å². The second-order valence-electron chi connectivity index (χ2n) is 1.76. The van der Waals surface area contributed by atoms with Crippen LogP contribution in [0, 0.1) is 0 Å². The van der Waals surface area contributed by atoms with Crippen molar-refractivity contribution < 1.29 is 8.57 Å². The van der Waals surface area contributed by atoms with Gasteiger partial charge in [0, 0.05) is 25.8 Å². The predicted octanol–water partition coefficient (Wildman–Crippen LogP) is 2.05. The average Bonchev–Trinajstić information content (AvgIpc) is 2.09. The monoisotopic (exact) mass is 189 g/mol. The summed E-state index contributed by atoms with van der Waals surface area (Å²) in [7, 11) is 0. The summed E-state index contributed by atoms with van der Waals surface area (Å²) in [5.74, 6) is 0. The number of hydrogen-bond donors (Lipinski definition) is 2. The molecule has 60 valence electrons. The van der Waals surface area contributed by atoms with Crippen LogP contribution in [-0.4, -0.2) is 0 Å². The van der Waals surface area contributed by atoms with Gasteiger partial charge in [-0.05, 0) is 12.1 Å². The van der Waals surface area contributed by atoms with Gasteiger partial charge < -0.3 is 0 Å². The Morgan fingerprint density at radius 1 is 1.00 bits per heavy atom. The molecule has 0 amide bonds. The van der Waals surface area contributed by atoms with Gasteiger partial charge in [-0.15, -0.1) is 5.23 Å². The van der Waals surface area contributed by atoms with Crippen molar-refractivity contribution in [1.82, 2.24) is 0 Å². The van der Waals surface area contributed by atoms with Gasteiger partial charge in [0.2, 0.25) is 0 Å². The first kappa shape index (κ1) is 8.73. The highest BCUT2D eigenvalue weighted by Crippen LogP contribution is 2.15. The lowest BCUT2D eigenvalue weighted by molar-refractivity contribution is 0.123. The van der Waals surface area contributed by atoms with Gasteiger partial charge >= 0.3 is 0 Å². The fourth-order valence-corrected chi connectivity index (χ4v) is 0.967.